The molecule has 0 amide bonds. The van der Waals surface area contributed by atoms with E-state index >= 15 is 0 Å². The topological polar surface area (TPSA) is 49.8 Å². The number of ether oxygens (including phenoxy) is 1. The Labute approximate surface area is 156 Å². The first kappa shape index (κ1) is 20.1. The molecule has 0 heterocycles. The molecule has 2 aromatic rings. The van der Waals surface area contributed by atoms with E-state index in [-0.39, 0.29) is 18.3 Å². The van der Waals surface area contributed by atoms with Crippen molar-refractivity contribution in [2.45, 2.75) is 37.9 Å². The maximum absolute atomic E-state index is 12.2. The minimum atomic E-state index is -1.10. The highest BCUT2D eigenvalue weighted by molar-refractivity contribution is 5.69. The standard InChI is InChI=1S/C22H29NO3/c1-5-20(25)26-22(2,19(24)16-23(3)4)21(17-12-8-6-9-13-17)18-14-10-7-11-15-18/h6-15,19,21,24H,5,16H2,1-4H3. The van der Waals surface area contributed by atoms with Crippen molar-refractivity contribution in [3.63, 3.8) is 0 Å². The van der Waals surface area contributed by atoms with Gasteiger partial charge < -0.3 is 14.7 Å². The number of carbonyl (C=O) groups is 1. The van der Waals surface area contributed by atoms with Crippen molar-refractivity contribution >= 4 is 5.97 Å². The van der Waals surface area contributed by atoms with Gasteiger partial charge in [-0.15, -0.1) is 0 Å². The molecule has 140 valence electrons. The highest BCUT2D eigenvalue weighted by Gasteiger charge is 2.46. The highest BCUT2D eigenvalue weighted by atomic mass is 16.6. The molecule has 4 heteroatoms. The number of hydrogen-bond donors (Lipinski definition) is 1. The molecule has 26 heavy (non-hydrogen) atoms. The summed E-state index contributed by atoms with van der Waals surface area (Å²) in [6.07, 6.45) is -0.584. The van der Waals surface area contributed by atoms with E-state index in [9.17, 15) is 9.90 Å². The number of esters is 1. The smallest absolute Gasteiger partial charge is 0.306 e. The van der Waals surface area contributed by atoms with E-state index in [0.717, 1.165) is 11.1 Å². The number of aliphatic hydroxyl groups excluding tert-OH is 1. The Balaban J connectivity index is 2.58. The van der Waals surface area contributed by atoms with Gasteiger partial charge in [-0.1, -0.05) is 67.6 Å². The number of hydrogen-bond acceptors (Lipinski definition) is 4. The first-order chi connectivity index (χ1) is 12.4. The van der Waals surface area contributed by atoms with Gasteiger partial charge in [-0.2, -0.15) is 0 Å². The minimum absolute atomic E-state index is 0.264. The van der Waals surface area contributed by atoms with Crippen LogP contribution in [0.4, 0.5) is 0 Å². The van der Waals surface area contributed by atoms with Gasteiger partial charge in [-0.25, -0.2) is 0 Å². The third-order valence-corrected chi connectivity index (χ3v) is 4.66. The fraction of sp³-hybridized carbons (Fsp3) is 0.409. The zero-order chi connectivity index (χ0) is 19.2. The summed E-state index contributed by atoms with van der Waals surface area (Å²) >= 11 is 0. The van der Waals surface area contributed by atoms with Crippen LogP contribution in [0.2, 0.25) is 0 Å². The molecule has 2 aromatic carbocycles. The summed E-state index contributed by atoms with van der Waals surface area (Å²) in [4.78, 5) is 14.1. The number of aliphatic hydroxyl groups is 1. The van der Waals surface area contributed by atoms with Crippen LogP contribution in [-0.2, 0) is 9.53 Å². The van der Waals surface area contributed by atoms with Crippen molar-refractivity contribution in [1.29, 1.82) is 0 Å². The van der Waals surface area contributed by atoms with E-state index in [4.69, 9.17) is 4.74 Å². The van der Waals surface area contributed by atoms with E-state index in [1.165, 1.54) is 0 Å². The van der Waals surface area contributed by atoms with Crippen LogP contribution in [0.5, 0.6) is 0 Å². The summed E-state index contributed by atoms with van der Waals surface area (Å²) < 4.78 is 5.91. The van der Waals surface area contributed by atoms with Crippen molar-refractivity contribution < 1.29 is 14.6 Å². The van der Waals surface area contributed by atoms with Gasteiger partial charge in [0, 0.05) is 13.0 Å². The Bertz CT molecular complexity index is 648. The Morgan fingerprint density at radius 2 is 1.50 bits per heavy atom. The van der Waals surface area contributed by atoms with Crippen molar-refractivity contribution in [2.75, 3.05) is 20.6 Å². The van der Waals surface area contributed by atoms with Gasteiger partial charge in [-0.3, -0.25) is 4.79 Å². The monoisotopic (exact) mass is 355 g/mol. The summed E-state index contributed by atoms with van der Waals surface area (Å²) in [6.45, 7) is 3.99. The molecule has 0 saturated heterocycles. The molecule has 4 nitrogen and oxygen atoms in total. The predicted molar refractivity (Wildman–Crippen MR) is 104 cm³/mol. The van der Waals surface area contributed by atoms with E-state index in [2.05, 4.69) is 0 Å². The van der Waals surface area contributed by atoms with Crippen LogP contribution in [0.3, 0.4) is 0 Å². The zero-order valence-electron chi connectivity index (χ0n) is 16.1. The van der Waals surface area contributed by atoms with E-state index in [1.54, 1.807) is 6.92 Å². The van der Waals surface area contributed by atoms with Gasteiger partial charge in [-0.05, 0) is 32.1 Å². The Morgan fingerprint density at radius 3 is 1.88 bits per heavy atom. The summed E-state index contributed by atoms with van der Waals surface area (Å²) in [5.74, 6) is -0.600. The summed E-state index contributed by atoms with van der Waals surface area (Å²) in [5, 5.41) is 11.1. The second-order valence-corrected chi connectivity index (χ2v) is 7.04. The number of rotatable bonds is 8. The average molecular weight is 355 g/mol. The molecule has 2 unspecified atom stereocenters. The molecule has 0 aliphatic heterocycles. The average Bonchev–Trinajstić information content (AvgIpc) is 2.63. The number of benzene rings is 2. The second kappa shape index (κ2) is 8.97. The number of nitrogens with zero attached hydrogens (tertiary/aromatic N) is 1. The van der Waals surface area contributed by atoms with Crippen LogP contribution < -0.4 is 0 Å². The quantitative estimate of drug-likeness (QED) is 0.737. The highest BCUT2D eigenvalue weighted by Crippen LogP contribution is 2.40. The number of likely N-dealkylation sites (N-methyl/N-ethyl adjacent to an activating group) is 1. The second-order valence-electron chi connectivity index (χ2n) is 7.04. The predicted octanol–water partition coefficient (Wildman–Crippen LogP) is 3.45. The normalized spacial score (nSPS) is 14.9. The van der Waals surface area contributed by atoms with Crippen LogP contribution in [0.25, 0.3) is 0 Å². The largest absolute Gasteiger partial charge is 0.456 e. The van der Waals surface area contributed by atoms with E-state index < -0.39 is 11.7 Å². The lowest BCUT2D eigenvalue weighted by Gasteiger charge is -2.42. The van der Waals surface area contributed by atoms with E-state index in [0.29, 0.717) is 6.54 Å². The molecule has 0 fully saturated rings. The van der Waals surface area contributed by atoms with Crippen LogP contribution in [0, 0.1) is 0 Å². The summed E-state index contributed by atoms with van der Waals surface area (Å²) in [6, 6.07) is 19.8. The van der Waals surface area contributed by atoms with Gasteiger partial charge in [0.1, 0.15) is 11.7 Å². The molecule has 0 aromatic heterocycles. The van der Waals surface area contributed by atoms with Gasteiger partial charge in [0.05, 0.1) is 5.92 Å². The molecule has 1 N–H and O–H groups in total. The fourth-order valence-electron chi connectivity index (χ4n) is 3.31. The molecular formula is C22H29NO3. The van der Waals surface area contributed by atoms with Gasteiger partial charge in [0.25, 0.3) is 0 Å². The molecule has 2 rings (SSSR count). The van der Waals surface area contributed by atoms with Gasteiger partial charge in [0.15, 0.2) is 0 Å². The summed E-state index contributed by atoms with van der Waals surface area (Å²) in [5.41, 5.74) is 0.908. The Kier molecular flexibility index (Phi) is 6.95. The van der Waals surface area contributed by atoms with Crippen LogP contribution in [0.1, 0.15) is 37.3 Å². The lowest BCUT2D eigenvalue weighted by Crippen LogP contribution is -2.52. The maximum atomic E-state index is 12.2. The molecule has 0 saturated carbocycles. The maximum Gasteiger partial charge on any atom is 0.306 e. The van der Waals surface area contributed by atoms with Crippen LogP contribution in [-0.4, -0.2) is 48.3 Å². The first-order valence-electron chi connectivity index (χ1n) is 9.03. The third-order valence-electron chi connectivity index (χ3n) is 4.66. The number of carbonyl (C=O) groups excluding carboxylic acids is 1. The zero-order valence-corrected chi connectivity index (χ0v) is 16.1. The molecule has 0 radical (unpaired) electrons. The van der Waals surface area contributed by atoms with Gasteiger partial charge in [0.2, 0.25) is 0 Å². The van der Waals surface area contributed by atoms with Crippen LogP contribution in [0.15, 0.2) is 60.7 Å². The van der Waals surface area contributed by atoms with Gasteiger partial charge >= 0.3 is 5.97 Å². The lowest BCUT2D eigenvalue weighted by atomic mass is 9.75. The summed E-state index contributed by atoms with van der Waals surface area (Å²) in [7, 11) is 3.79. The third kappa shape index (κ3) is 4.71. The van der Waals surface area contributed by atoms with Crippen molar-refractivity contribution in [3.8, 4) is 0 Å². The van der Waals surface area contributed by atoms with Crippen molar-refractivity contribution in [3.05, 3.63) is 71.8 Å². The molecule has 0 aliphatic carbocycles. The molecule has 0 spiro atoms. The lowest BCUT2D eigenvalue weighted by molar-refractivity contribution is -0.174. The molecule has 2 atom stereocenters. The van der Waals surface area contributed by atoms with Crippen LogP contribution >= 0.6 is 0 Å². The first-order valence-corrected chi connectivity index (χ1v) is 9.03. The van der Waals surface area contributed by atoms with E-state index in [1.807, 2.05) is 86.6 Å². The molecule has 0 bridgehead atoms. The fourth-order valence-corrected chi connectivity index (χ4v) is 3.31. The molecule has 0 aliphatic rings. The Hall–Kier alpha value is -2.17. The van der Waals surface area contributed by atoms with Crippen molar-refractivity contribution in [2.24, 2.45) is 0 Å². The Morgan fingerprint density at radius 1 is 1.04 bits per heavy atom. The molecular weight excluding hydrogens is 326 g/mol. The van der Waals surface area contributed by atoms with Crippen molar-refractivity contribution in [1.82, 2.24) is 4.90 Å². The minimum Gasteiger partial charge on any atom is -0.456 e. The SMILES string of the molecule is CCC(=O)OC(C)(C(O)CN(C)C)C(c1ccccc1)c1ccccc1.